The number of likely N-dealkylation sites (tertiary alicyclic amines) is 1. The lowest BCUT2D eigenvalue weighted by Crippen LogP contribution is -2.51. The molecule has 4 nitrogen and oxygen atoms in total. The Hall–Kier alpha value is -2.62. The molecule has 1 saturated heterocycles. The molecule has 3 heterocycles. The number of nitrogens with one attached hydrogen (secondary N) is 1. The summed E-state index contributed by atoms with van der Waals surface area (Å²) in [7, 11) is 0. The third-order valence-electron chi connectivity index (χ3n) is 4.65. The van der Waals surface area contributed by atoms with Gasteiger partial charge < -0.3 is 9.88 Å². The third kappa shape index (κ3) is 2.50. The van der Waals surface area contributed by atoms with Crippen LogP contribution in [0, 0.1) is 12.8 Å². The van der Waals surface area contributed by atoms with Crippen LogP contribution in [0.15, 0.2) is 48.8 Å². The van der Waals surface area contributed by atoms with E-state index >= 15 is 0 Å². The monoisotopic (exact) mass is 305 g/mol. The van der Waals surface area contributed by atoms with Crippen molar-refractivity contribution < 1.29 is 4.79 Å². The number of hydrogen-bond donors (Lipinski definition) is 1. The van der Waals surface area contributed by atoms with Crippen molar-refractivity contribution in [2.75, 3.05) is 13.1 Å². The summed E-state index contributed by atoms with van der Waals surface area (Å²) in [5.74, 6) is 0.634. The van der Waals surface area contributed by atoms with Crippen LogP contribution in [0.5, 0.6) is 0 Å². The molecule has 1 aliphatic rings. The molecule has 1 amide bonds. The first-order valence-corrected chi connectivity index (χ1v) is 7.98. The number of aromatic amines is 1. The Labute approximate surface area is 135 Å². The molecule has 0 saturated carbocycles. The largest absolute Gasteiger partial charge is 0.360 e. The van der Waals surface area contributed by atoms with E-state index in [1.807, 2.05) is 54.5 Å². The van der Waals surface area contributed by atoms with Crippen LogP contribution in [0.1, 0.15) is 21.6 Å². The zero-order chi connectivity index (χ0) is 15.8. The highest BCUT2D eigenvalue weighted by Gasteiger charge is 2.32. The molecule has 116 valence electrons. The van der Waals surface area contributed by atoms with Crippen LogP contribution in [0.2, 0.25) is 0 Å². The highest BCUT2D eigenvalue weighted by atomic mass is 16.2. The molecule has 0 atom stereocenters. The molecule has 1 aliphatic heterocycles. The molecular formula is C19H19N3O. The van der Waals surface area contributed by atoms with Crippen LogP contribution in [-0.2, 0) is 6.42 Å². The van der Waals surface area contributed by atoms with Gasteiger partial charge >= 0.3 is 0 Å². The van der Waals surface area contributed by atoms with Gasteiger partial charge in [-0.3, -0.25) is 9.78 Å². The van der Waals surface area contributed by atoms with Crippen molar-refractivity contribution in [3.05, 3.63) is 65.6 Å². The molecule has 0 unspecified atom stereocenters. The number of carbonyl (C=O) groups excluding carboxylic acids is 1. The Morgan fingerprint density at radius 1 is 1.26 bits per heavy atom. The Kier molecular flexibility index (Phi) is 3.37. The van der Waals surface area contributed by atoms with Crippen molar-refractivity contribution in [2.45, 2.75) is 13.3 Å². The molecular weight excluding hydrogens is 286 g/mol. The van der Waals surface area contributed by atoms with Crippen molar-refractivity contribution in [3.8, 4) is 0 Å². The van der Waals surface area contributed by atoms with Gasteiger partial charge in [-0.25, -0.2) is 0 Å². The predicted octanol–water partition coefficient (Wildman–Crippen LogP) is 3.19. The molecule has 0 aliphatic carbocycles. The number of hydrogen-bond acceptors (Lipinski definition) is 2. The van der Waals surface area contributed by atoms with Crippen LogP contribution in [0.3, 0.4) is 0 Å². The zero-order valence-electron chi connectivity index (χ0n) is 13.1. The topological polar surface area (TPSA) is 49.0 Å². The molecule has 0 bridgehead atoms. The number of nitrogens with zero attached hydrogens (tertiary/aromatic N) is 2. The molecule has 2 aromatic heterocycles. The van der Waals surface area contributed by atoms with Gasteiger partial charge in [0.25, 0.3) is 5.91 Å². The first-order chi connectivity index (χ1) is 11.2. The number of fused-ring (bicyclic) bond motifs is 1. The van der Waals surface area contributed by atoms with E-state index in [0.717, 1.165) is 41.8 Å². The summed E-state index contributed by atoms with van der Waals surface area (Å²) in [5, 5.41) is 1.20. The first-order valence-electron chi connectivity index (χ1n) is 7.98. The fourth-order valence-electron chi connectivity index (χ4n) is 3.32. The molecule has 3 aromatic rings. The fraction of sp³-hybridized carbons (Fsp3) is 0.263. The van der Waals surface area contributed by atoms with Gasteiger partial charge in [-0.1, -0.05) is 18.2 Å². The SMILES string of the molecule is Cc1ccccc1C(=O)N1CC(Cc2nccc3cc[nH]c23)C1. The number of carbonyl (C=O) groups is 1. The van der Waals surface area contributed by atoms with Gasteiger partial charge in [-0.15, -0.1) is 0 Å². The van der Waals surface area contributed by atoms with E-state index in [0.29, 0.717) is 5.92 Å². The maximum Gasteiger partial charge on any atom is 0.254 e. The molecule has 4 heteroatoms. The standard InChI is InChI=1S/C19H19N3O/c1-13-4-2-3-5-16(13)19(23)22-11-14(12-22)10-17-18-15(6-8-20-17)7-9-21-18/h2-9,14,21H,10-12H2,1H3. The molecule has 1 aromatic carbocycles. The van der Waals surface area contributed by atoms with Crippen molar-refractivity contribution >= 4 is 16.8 Å². The number of pyridine rings is 1. The molecule has 0 radical (unpaired) electrons. The lowest BCUT2D eigenvalue weighted by atomic mass is 9.92. The number of aromatic nitrogens is 2. The molecule has 23 heavy (non-hydrogen) atoms. The molecule has 4 rings (SSSR count). The van der Waals surface area contributed by atoms with Gasteiger partial charge in [0.1, 0.15) is 0 Å². The smallest absolute Gasteiger partial charge is 0.254 e. The average molecular weight is 305 g/mol. The average Bonchev–Trinajstić information content (AvgIpc) is 2.99. The van der Waals surface area contributed by atoms with Gasteiger partial charge in [0.2, 0.25) is 0 Å². The van der Waals surface area contributed by atoms with E-state index in [1.54, 1.807) is 0 Å². The summed E-state index contributed by atoms with van der Waals surface area (Å²) in [6, 6.07) is 11.9. The Balaban J connectivity index is 1.43. The highest BCUT2D eigenvalue weighted by Crippen LogP contribution is 2.25. The molecule has 1 N–H and O–H groups in total. The lowest BCUT2D eigenvalue weighted by molar-refractivity contribution is 0.0499. The summed E-state index contributed by atoms with van der Waals surface area (Å²) in [4.78, 5) is 22.2. The second kappa shape index (κ2) is 5.54. The quantitative estimate of drug-likeness (QED) is 0.808. The van der Waals surface area contributed by atoms with E-state index in [2.05, 4.69) is 16.0 Å². The van der Waals surface area contributed by atoms with Crippen LogP contribution in [-0.4, -0.2) is 33.9 Å². The van der Waals surface area contributed by atoms with Gasteiger partial charge in [0.15, 0.2) is 0 Å². The van der Waals surface area contributed by atoms with Crippen molar-refractivity contribution in [1.82, 2.24) is 14.9 Å². The second-order valence-corrected chi connectivity index (χ2v) is 6.29. The van der Waals surface area contributed by atoms with E-state index in [4.69, 9.17) is 0 Å². The third-order valence-corrected chi connectivity index (χ3v) is 4.65. The van der Waals surface area contributed by atoms with E-state index < -0.39 is 0 Å². The van der Waals surface area contributed by atoms with Crippen molar-refractivity contribution in [1.29, 1.82) is 0 Å². The highest BCUT2D eigenvalue weighted by molar-refractivity contribution is 5.96. The van der Waals surface area contributed by atoms with Crippen LogP contribution in [0.4, 0.5) is 0 Å². The Bertz CT molecular complexity index is 862. The van der Waals surface area contributed by atoms with Gasteiger partial charge in [0, 0.05) is 36.4 Å². The maximum absolute atomic E-state index is 12.5. The summed E-state index contributed by atoms with van der Waals surface area (Å²) in [6.45, 7) is 3.61. The number of rotatable bonds is 3. The van der Waals surface area contributed by atoms with Crippen molar-refractivity contribution in [3.63, 3.8) is 0 Å². The van der Waals surface area contributed by atoms with Crippen LogP contribution < -0.4 is 0 Å². The summed E-state index contributed by atoms with van der Waals surface area (Å²) in [6.07, 6.45) is 4.72. The van der Waals surface area contributed by atoms with E-state index in [9.17, 15) is 4.79 Å². The van der Waals surface area contributed by atoms with Crippen molar-refractivity contribution in [2.24, 2.45) is 5.92 Å². The molecule has 1 fully saturated rings. The zero-order valence-corrected chi connectivity index (χ0v) is 13.1. The minimum Gasteiger partial charge on any atom is -0.360 e. The second-order valence-electron chi connectivity index (χ2n) is 6.29. The minimum absolute atomic E-state index is 0.144. The first kappa shape index (κ1) is 14.0. The van der Waals surface area contributed by atoms with Crippen LogP contribution >= 0.6 is 0 Å². The summed E-state index contributed by atoms with van der Waals surface area (Å²) < 4.78 is 0. The Morgan fingerprint density at radius 2 is 2.09 bits per heavy atom. The molecule has 0 spiro atoms. The lowest BCUT2D eigenvalue weighted by Gasteiger charge is -2.39. The van der Waals surface area contributed by atoms with Gasteiger partial charge in [-0.05, 0) is 43.0 Å². The summed E-state index contributed by atoms with van der Waals surface area (Å²) >= 11 is 0. The number of H-pyrrole nitrogens is 1. The maximum atomic E-state index is 12.5. The predicted molar refractivity (Wildman–Crippen MR) is 90.4 cm³/mol. The van der Waals surface area contributed by atoms with Crippen LogP contribution in [0.25, 0.3) is 10.9 Å². The van der Waals surface area contributed by atoms with E-state index in [-0.39, 0.29) is 5.91 Å². The minimum atomic E-state index is 0.144. The number of benzene rings is 1. The number of aryl methyl sites for hydroxylation is 1. The van der Waals surface area contributed by atoms with Gasteiger partial charge in [0.05, 0.1) is 11.2 Å². The summed E-state index contributed by atoms with van der Waals surface area (Å²) in [5.41, 5.74) is 4.07. The van der Waals surface area contributed by atoms with E-state index in [1.165, 1.54) is 5.39 Å². The normalized spacial score (nSPS) is 14.9. The Morgan fingerprint density at radius 3 is 2.91 bits per heavy atom. The fourth-order valence-corrected chi connectivity index (χ4v) is 3.32. The number of amides is 1. The van der Waals surface area contributed by atoms with Gasteiger partial charge in [-0.2, -0.15) is 0 Å².